The largest absolute Gasteiger partial charge is 0.497 e. The van der Waals surface area contributed by atoms with Gasteiger partial charge in [0.1, 0.15) is 66.9 Å². The van der Waals surface area contributed by atoms with Crippen LogP contribution < -0.4 is 24.0 Å². The van der Waals surface area contributed by atoms with Gasteiger partial charge in [-0.1, -0.05) is 20.8 Å². The van der Waals surface area contributed by atoms with Crippen molar-refractivity contribution in [1.29, 1.82) is 0 Å². The molecule has 15 nitrogen and oxygen atoms in total. The van der Waals surface area contributed by atoms with Gasteiger partial charge in [-0.05, 0) is 85.9 Å². The van der Waals surface area contributed by atoms with E-state index in [1.165, 1.54) is 18.1 Å². The molecule has 0 atom stereocenters. The summed E-state index contributed by atoms with van der Waals surface area (Å²) >= 11 is 0. The third kappa shape index (κ3) is 16.1. The van der Waals surface area contributed by atoms with Crippen LogP contribution in [-0.4, -0.2) is 91.2 Å². The average molecular weight is 762 g/mol. The number of nitro groups is 1. The van der Waals surface area contributed by atoms with E-state index < -0.39 is 65.0 Å². The highest BCUT2D eigenvalue weighted by atomic mass is 16.6. The Bertz CT molecular complexity index is 1580. The first kappa shape index (κ1) is 45.4. The van der Waals surface area contributed by atoms with Gasteiger partial charge in [0.25, 0.3) is 5.69 Å². The van der Waals surface area contributed by atoms with Gasteiger partial charge in [0, 0.05) is 12.6 Å². The zero-order valence-electron chi connectivity index (χ0n) is 34.1. The summed E-state index contributed by atoms with van der Waals surface area (Å²) in [5, 5.41) is 22.1. The second-order valence-electron chi connectivity index (χ2n) is 16.9. The lowest BCUT2D eigenvalue weighted by Gasteiger charge is -2.33. The van der Waals surface area contributed by atoms with Crippen molar-refractivity contribution in [2.45, 2.75) is 106 Å². The van der Waals surface area contributed by atoms with E-state index in [4.69, 9.17) is 28.4 Å². The minimum Gasteiger partial charge on any atom is -0.497 e. The maximum absolute atomic E-state index is 13.1. The van der Waals surface area contributed by atoms with Crippen molar-refractivity contribution in [3.63, 3.8) is 0 Å². The maximum atomic E-state index is 13.1. The van der Waals surface area contributed by atoms with E-state index in [1.54, 1.807) is 80.5 Å². The van der Waals surface area contributed by atoms with Gasteiger partial charge < -0.3 is 43.3 Å². The van der Waals surface area contributed by atoms with Gasteiger partial charge in [-0.3, -0.25) is 24.5 Å². The molecule has 0 saturated carbocycles. The summed E-state index contributed by atoms with van der Waals surface area (Å²) in [6.07, 6.45) is 0. The van der Waals surface area contributed by atoms with E-state index >= 15 is 0 Å². The molecular weight excluding hydrogens is 702 g/mol. The van der Waals surface area contributed by atoms with Gasteiger partial charge in [-0.2, -0.15) is 0 Å². The number of rotatable bonds is 17. The molecule has 0 aliphatic heterocycles. The lowest BCUT2D eigenvalue weighted by Crippen LogP contribution is -2.40. The molecule has 0 heterocycles. The lowest BCUT2D eigenvalue weighted by molar-refractivity contribution is -0.385. The molecule has 2 aromatic carbocycles. The Morgan fingerprint density at radius 2 is 1.13 bits per heavy atom. The van der Waals surface area contributed by atoms with Gasteiger partial charge in [0.2, 0.25) is 0 Å². The fourth-order valence-corrected chi connectivity index (χ4v) is 5.18. The Morgan fingerprint density at radius 3 is 1.52 bits per heavy atom. The first-order chi connectivity index (χ1) is 24.7. The third-order valence-corrected chi connectivity index (χ3v) is 6.86. The van der Waals surface area contributed by atoms with Gasteiger partial charge in [-0.15, -0.1) is 0 Å². The molecule has 302 valence electrons. The van der Waals surface area contributed by atoms with Crippen LogP contribution in [0.3, 0.4) is 0 Å². The maximum Gasteiger partial charge on any atom is 0.326 e. The van der Waals surface area contributed by atoms with Gasteiger partial charge >= 0.3 is 17.9 Å². The minimum atomic E-state index is -0.842. The highest BCUT2D eigenvalue weighted by Crippen LogP contribution is 2.37. The minimum absolute atomic E-state index is 0.0525. The SMILES string of the molecule is COc1ccc(N(CC(=O)OC(C)(C)C)CC(C)(C)C)c(OCCOc2cc([N+](=O)[O-])c(CO)cc2N(CC(=O)OC(C)(C)C)CC(=O)OC(C)(C)C)c1. The first-order valence-electron chi connectivity index (χ1n) is 17.7. The van der Waals surface area contributed by atoms with E-state index in [9.17, 15) is 29.6 Å². The van der Waals surface area contributed by atoms with Gasteiger partial charge in [0.05, 0.1) is 41.6 Å². The summed E-state index contributed by atoms with van der Waals surface area (Å²) in [5.74, 6) is -0.953. The Kier molecular flexibility index (Phi) is 15.5. The molecule has 0 bridgehead atoms. The molecule has 0 spiro atoms. The second-order valence-corrected chi connectivity index (χ2v) is 16.9. The van der Waals surface area contributed by atoms with E-state index in [2.05, 4.69) is 0 Å². The number of methoxy groups -OCH3 is 1. The Morgan fingerprint density at radius 1 is 0.685 bits per heavy atom. The zero-order valence-corrected chi connectivity index (χ0v) is 34.1. The quantitative estimate of drug-likeness (QED) is 0.0630. The fourth-order valence-electron chi connectivity index (χ4n) is 5.18. The van der Waals surface area contributed by atoms with Crippen molar-refractivity contribution >= 4 is 35.0 Å². The molecule has 0 aliphatic rings. The molecule has 2 aromatic rings. The van der Waals surface area contributed by atoms with Crippen LogP contribution in [0, 0.1) is 15.5 Å². The summed E-state index contributed by atoms with van der Waals surface area (Å²) < 4.78 is 34.4. The lowest BCUT2D eigenvalue weighted by atomic mass is 9.95. The highest BCUT2D eigenvalue weighted by Gasteiger charge is 2.29. The number of carbonyl (C=O) groups is 3. The summed E-state index contributed by atoms with van der Waals surface area (Å²) in [6, 6.07) is 7.63. The number of nitro benzene ring substituents is 1. The molecular formula is C39H59N3O12. The van der Waals surface area contributed by atoms with Crippen LogP contribution in [0.1, 0.15) is 88.6 Å². The van der Waals surface area contributed by atoms with Crippen LogP contribution in [0.2, 0.25) is 0 Å². The molecule has 0 fully saturated rings. The highest BCUT2D eigenvalue weighted by molar-refractivity contribution is 5.84. The van der Waals surface area contributed by atoms with E-state index in [1.807, 2.05) is 25.7 Å². The smallest absolute Gasteiger partial charge is 0.326 e. The van der Waals surface area contributed by atoms with Crippen molar-refractivity contribution in [3.05, 3.63) is 46.0 Å². The molecule has 15 heteroatoms. The molecule has 1 N–H and O–H groups in total. The van der Waals surface area contributed by atoms with Gasteiger partial charge in [0.15, 0.2) is 0 Å². The Balaban J connectivity index is 2.53. The molecule has 0 radical (unpaired) electrons. The van der Waals surface area contributed by atoms with Crippen molar-refractivity contribution < 1.29 is 52.8 Å². The Labute approximate surface area is 318 Å². The summed E-state index contributed by atoms with van der Waals surface area (Å²) in [7, 11) is 1.51. The summed E-state index contributed by atoms with van der Waals surface area (Å²) in [6.45, 7) is 20.3. The monoisotopic (exact) mass is 761 g/mol. The van der Waals surface area contributed by atoms with Crippen LogP contribution >= 0.6 is 0 Å². The number of carbonyl (C=O) groups excluding carboxylic acids is 3. The van der Waals surface area contributed by atoms with Crippen LogP contribution in [0.5, 0.6) is 17.2 Å². The second kappa shape index (κ2) is 18.5. The number of hydrogen-bond donors (Lipinski definition) is 1. The molecule has 0 aromatic heterocycles. The number of aliphatic hydroxyl groups is 1. The van der Waals surface area contributed by atoms with Crippen LogP contribution in [-0.2, 0) is 35.2 Å². The number of nitrogens with zero attached hydrogens (tertiary/aromatic N) is 3. The van der Waals surface area contributed by atoms with Crippen molar-refractivity contribution in [2.24, 2.45) is 5.41 Å². The summed E-state index contributed by atoms with van der Waals surface area (Å²) in [4.78, 5) is 53.6. The number of anilines is 2. The predicted molar refractivity (Wildman–Crippen MR) is 204 cm³/mol. The van der Waals surface area contributed by atoms with Crippen LogP contribution in [0.15, 0.2) is 30.3 Å². The average Bonchev–Trinajstić information content (AvgIpc) is 2.98. The summed E-state index contributed by atoms with van der Waals surface area (Å²) in [5.41, 5.74) is -2.38. The normalized spacial score (nSPS) is 12.0. The fraction of sp³-hybridized carbons (Fsp3) is 0.615. The zero-order chi connectivity index (χ0) is 41.2. The molecule has 2 rings (SSSR count). The predicted octanol–water partition coefficient (Wildman–Crippen LogP) is 6.24. The topological polar surface area (TPSA) is 176 Å². The number of aliphatic hydroxyl groups excluding tert-OH is 1. The number of ether oxygens (including phenoxy) is 6. The standard InChI is InChI=1S/C39H59N3O12/c1-36(2,3)25-41(23-35(46)54-39(10,11)12)28-15-14-27(49-13)19-31(28)50-16-17-51-32-20-29(42(47)48)26(24-43)18-30(32)40(21-33(44)52-37(4,5)6)22-34(45)53-38(7,8)9/h14-15,18-20,43H,16-17,21-25H2,1-13H3. The van der Waals surface area contributed by atoms with E-state index in [0.717, 1.165) is 6.07 Å². The van der Waals surface area contributed by atoms with Crippen molar-refractivity contribution in [1.82, 2.24) is 0 Å². The van der Waals surface area contributed by atoms with Crippen molar-refractivity contribution in [3.8, 4) is 17.2 Å². The van der Waals surface area contributed by atoms with Crippen molar-refractivity contribution in [2.75, 3.05) is 56.3 Å². The first-order valence-corrected chi connectivity index (χ1v) is 17.7. The number of esters is 3. The molecule has 0 saturated heterocycles. The number of benzene rings is 2. The third-order valence-electron chi connectivity index (χ3n) is 6.86. The molecule has 54 heavy (non-hydrogen) atoms. The van der Waals surface area contributed by atoms with Gasteiger partial charge in [-0.25, -0.2) is 0 Å². The van der Waals surface area contributed by atoms with Crippen LogP contribution in [0.4, 0.5) is 17.1 Å². The van der Waals surface area contributed by atoms with E-state index in [-0.39, 0.29) is 42.2 Å². The van der Waals surface area contributed by atoms with Crippen LogP contribution in [0.25, 0.3) is 0 Å². The number of hydrogen-bond acceptors (Lipinski definition) is 14. The Hall–Kier alpha value is -4.79. The molecule has 0 amide bonds. The molecule has 0 aliphatic carbocycles. The molecule has 0 unspecified atom stereocenters. The van der Waals surface area contributed by atoms with E-state index in [0.29, 0.717) is 23.7 Å².